The molecule has 0 spiro atoms. The Balaban J connectivity index is 2.26. The zero-order chi connectivity index (χ0) is 15.9. The first-order valence-corrected chi connectivity index (χ1v) is 6.84. The normalized spacial score (nSPS) is 19.5. The van der Waals surface area contributed by atoms with Crippen LogP contribution < -0.4 is 11.4 Å². The number of rotatable bonds is 1. The van der Waals surface area contributed by atoms with Crippen LogP contribution in [0.15, 0.2) is 23.0 Å². The first-order valence-electron chi connectivity index (χ1n) is 6.84. The fraction of sp³-hybridized carbons (Fsp3) is 0.429. The number of nitrogens with two attached hydrogens (primary N) is 1. The summed E-state index contributed by atoms with van der Waals surface area (Å²) >= 11 is 0. The average Bonchev–Trinajstić information content (AvgIpc) is 2.47. The Morgan fingerprint density at radius 2 is 2.14 bits per heavy atom. The van der Waals surface area contributed by atoms with Gasteiger partial charge in [0.2, 0.25) is 0 Å². The predicted octanol–water partition coefficient (Wildman–Crippen LogP) is 2.35. The summed E-state index contributed by atoms with van der Waals surface area (Å²) in [6.07, 6.45) is -3.10. The molecule has 0 bridgehead atoms. The number of ether oxygens (including phenoxy) is 1. The second-order valence-corrected chi connectivity index (χ2v) is 5.25. The monoisotopic (exact) mass is 313 g/mol. The minimum Gasteiger partial charge on any atom is -0.383 e. The van der Waals surface area contributed by atoms with Gasteiger partial charge >= 0.3 is 11.9 Å². The fourth-order valence-electron chi connectivity index (χ4n) is 2.72. The summed E-state index contributed by atoms with van der Waals surface area (Å²) in [5, 5.41) is 0.332. The molecule has 1 unspecified atom stereocenters. The molecular weight excluding hydrogens is 299 g/mol. The van der Waals surface area contributed by atoms with Crippen LogP contribution in [0.1, 0.15) is 24.4 Å². The van der Waals surface area contributed by atoms with Crippen molar-refractivity contribution in [2.24, 2.45) is 0 Å². The van der Waals surface area contributed by atoms with Crippen LogP contribution in [-0.2, 0) is 10.9 Å². The molecule has 118 valence electrons. The highest BCUT2D eigenvalue weighted by Crippen LogP contribution is 2.33. The largest absolute Gasteiger partial charge is 0.416 e. The van der Waals surface area contributed by atoms with Crippen LogP contribution in [0.25, 0.3) is 10.9 Å². The van der Waals surface area contributed by atoms with Crippen molar-refractivity contribution in [2.75, 3.05) is 18.9 Å². The number of alkyl halides is 3. The topological polar surface area (TPSA) is 70.1 Å². The molecule has 2 N–H and O–H groups in total. The van der Waals surface area contributed by atoms with Gasteiger partial charge < -0.3 is 10.5 Å². The van der Waals surface area contributed by atoms with Gasteiger partial charge in [0, 0.05) is 12.0 Å². The van der Waals surface area contributed by atoms with E-state index in [4.69, 9.17) is 10.5 Å². The van der Waals surface area contributed by atoms with Gasteiger partial charge in [-0.05, 0) is 31.0 Å². The van der Waals surface area contributed by atoms with Crippen molar-refractivity contribution in [1.29, 1.82) is 0 Å². The molecule has 1 atom stereocenters. The Kier molecular flexibility index (Phi) is 3.56. The summed E-state index contributed by atoms with van der Waals surface area (Å²) in [4.78, 5) is 15.9. The van der Waals surface area contributed by atoms with Crippen molar-refractivity contribution in [3.63, 3.8) is 0 Å². The predicted molar refractivity (Wildman–Crippen MR) is 74.5 cm³/mol. The van der Waals surface area contributed by atoms with Gasteiger partial charge in [-0.25, -0.2) is 4.79 Å². The van der Waals surface area contributed by atoms with Crippen molar-refractivity contribution in [2.45, 2.75) is 25.1 Å². The fourth-order valence-corrected chi connectivity index (χ4v) is 2.72. The number of halogens is 3. The smallest absolute Gasteiger partial charge is 0.383 e. The number of nitrogen functional groups attached to an aromatic ring is 1. The second kappa shape index (κ2) is 5.28. The maximum Gasteiger partial charge on any atom is 0.416 e. The van der Waals surface area contributed by atoms with Crippen LogP contribution in [0.4, 0.5) is 19.0 Å². The Hall–Kier alpha value is -2.09. The minimum atomic E-state index is -4.49. The number of hydrogen-bond donors (Lipinski definition) is 1. The number of aromatic nitrogens is 2. The molecule has 0 saturated carbocycles. The molecule has 22 heavy (non-hydrogen) atoms. The van der Waals surface area contributed by atoms with E-state index in [0.29, 0.717) is 18.4 Å². The van der Waals surface area contributed by atoms with Gasteiger partial charge in [0.25, 0.3) is 0 Å². The third-order valence-corrected chi connectivity index (χ3v) is 3.78. The first-order chi connectivity index (χ1) is 10.4. The van der Waals surface area contributed by atoms with Crippen molar-refractivity contribution in [1.82, 2.24) is 9.55 Å². The van der Waals surface area contributed by atoms with Crippen LogP contribution in [0, 0.1) is 0 Å². The third kappa shape index (κ3) is 2.54. The van der Waals surface area contributed by atoms with Crippen molar-refractivity contribution in [3.05, 3.63) is 34.2 Å². The van der Waals surface area contributed by atoms with Crippen molar-refractivity contribution in [3.8, 4) is 0 Å². The van der Waals surface area contributed by atoms with E-state index in [9.17, 15) is 18.0 Å². The standard InChI is InChI=1S/C14H14F3N3O2/c15-14(16,17)8-3-4-10-11(6-8)20(13(21)19-12(10)18)9-2-1-5-22-7-9/h3-4,6,9H,1-2,5,7H2,(H2,18,19,21). The Labute approximate surface area is 123 Å². The number of fused-ring (bicyclic) bond motifs is 1. The summed E-state index contributed by atoms with van der Waals surface area (Å²) < 4.78 is 45.4. The van der Waals surface area contributed by atoms with E-state index >= 15 is 0 Å². The molecular formula is C14H14F3N3O2. The van der Waals surface area contributed by atoms with Gasteiger partial charge in [0.05, 0.1) is 23.7 Å². The molecule has 1 saturated heterocycles. The lowest BCUT2D eigenvalue weighted by Crippen LogP contribution is -2.33. The van der Waals surface area contributed by atoms with E-state index in [1.807, 2.05) is 0 Å². The summed E-state index contributed by atoms with van der Waals surface area (Å²) in [6, 6.07) is 2.80. The summed E-state index contributed by atoms with van der Waals surface area (Å²) in [6.45, 7) is 0.857. The minimum absolute atomic E-state index is 0.0679. The van der Waals surface area contributed by atoms with E-state index in [0.717, 1.165) is 18.6 Å². The molecule has 1 aliphatic rings. The molecule has 0 amide bonds. The molecule has 1 aromatic heterocycles. The van der Waals surface area contributed by atoms with Gasteiger partial charge in [-0.15, -0.1) is 0 Å². The molecule has 2 heterocycles. The zero-order valence-electron chi connectivity index (χ0n) is 11.6. The van der Waals surface area contributed by atoms with E-state index in [1.165, 1.54) is 10.6 Å². The zero-order valence-corrected chi connectivity index (χ0v) is 11.6. The van der Waals surface area contributed by atoms with E-state index in [-0.39, 0.29) is 24.0 Å². The molecule has 2 aromatic rings. The second-order valence-electron chi connectivity index (χ2n) is 5.25. The summed E-state index contributed by atoms with van der Waals surface area (Å²) in [7, 11) is 0. The molecule has 5 nitrogen and oxygen atoms in total. The van der Waals surface area contributed by atoms with Gasteiger partial charge in [-0.3, -0.25) is 4.57 Å². The number of nitrogens with zero attached hydrogens (tertiary/aromatic N) is 2. The van der Waals surface area contributed by atoms with Crippen LogP contribution in [0.3, 0.4) is 0 Å². The van der Waals surface area contributed by atoms with Crippen LogP contribution in [0.2, 0.25) is 0 Å². The lowest BCUT2D eigenvalue weighted by Gasteiger charge is -2.25. The molecule has 8 heteroatoms. The molecule has 0 radical (unpaired) electrons. The van der Waals surface area contributed by atoms with E-state index < -0.39 is 17.4 Å². The highest BCUT2D eigenvalue weighted by atomic mass is 19.4. The van der Waals surface area contributed by atoms with Crippen molar-refractivity contribution < 1.29 is 17.9 Å². The molecule has 1 fully saturated rings. The van der Waals surface area contributed by atoms with Crippen LogP contribution >= 0.6 is 0 Å². The van der Waals surface area contributed by atoms with Gasteiger partial charge in [-0.2, -0.15) is 18.2 Å². The summed E-state index contributed by atoms with van der Waals surface area (Å²) in [5.74, 6) is -0.0679. The SMILES string of the molecule is Nc1nc(=O)n(C2CCCOC2)c2cc(C(F)(F)F)ccc12. The number of anilines is 1. The van der Waals surface area contributed by atoms with Gasteiger partial charge in [0.1, 0.15) is 5.82 Å². The quantitative estimate of drug-likeness (QED) is 0.877. The van der Waals surface area contributed by atoms with E-state index in [1.54, 1.807) is 0 Å². The van der Waals surface area contributed by atoms with Crippen molar-refractivity contribution >= 4 is 16.7 Å². The number of hydrogen-bond acceptors (Lipinski definition) is 4. The van der Waals surface area contributed by atoms with Crippen LogP contribution in [-0.4, -0.2) is 22.8 Å². The lowest BCUT2D eigenvalue weighted by molar-refractivity contribution is -0.137. The Bertz CT molecular complexity index is 764. The molecule has 0 aliphatic carbocycles. The summed E-state index contributed by atoms with van der Waals surface area (Å²) in [5.41, 5.74) is 4.34. The maximum absolute atomic E-state index is 12.9. The molecule has 1 aromatic carbocycles. The van der Waals surface area contributed by atoms with Gasteiger partial charge in [0.15, 0.2) is 0 Å². The van der Waals surface area contributed by atoms with Crippen LogP contribution in [0.5, 0.6) is 0 Å². The number of benzene rings is 1. The first kappa shape index (κ1) is 14.8. The van der Waals surface area contributed by atoms with Gasteiger partial charge in [-0.1, -0.05) is 0 Å². The lowest BCUT2D eigenvalue weighted by atomic mass is 10.1. The highest BCUT2D eigenvalue weighted by molar-refractivity contribution is 5.88. The Morgan fingerprint density at radius 3 is 2.77 bits per heavy atom. The molecule has 1 aliphatic heterocycles. The molecule has 3 rings (SSSR count). The average molecular weight is 313 g/mol. The third-order valence-electron chi connectivity index (χ3n) is 3.78. The van der Waals surface area contributed by atoms with E-state index in [2.05, 4.69) is 4.98 Å². The highest BCUT2D eigenvalue weighted by Gasteiger charge is 2.31. The maximum atomic E-state index is 12.9. The Morgan fingerprint density at radius 1 is 1.36 bits per heavy atom.